The van der Waals surface area contributed by atoms with E-state index in [-0.39, 0.29) is 5.91 Å². The monoisotopic (exact) mass is 431 g/mol. The van der Waals surface area contributed by atoms with Crippen LogP contribution in [0.15, 0.2) is 42.5 Å². The highest BCUT2D eigenvalue weighted by Crippen LogP contribution is 2.27. The molecule has 0 bridgehead atoms. The molecule has 142 valence electrons. The summed E-state index contributed by atoms with van der Waals surface area (Å²) in [5, 5.41) is 17.4. The molecule has 0 atom stereocenters. The fraction of sp³-hybridized carbons (Fsp3) is 0.158. The van der Waals surface area contributed by atoms with Crippen LogP contribution in [0.4, 0.5) is 5.69 Å². The van der Waals surface area contributed by atoms with Crippen molar-refractivity contribution in [3.63, 3.8) is 0 Å². The predicted molar refractivity (Wildman–Crippen MR) is 113 cm³/mol. The van der Waals surface area contributed by atoms with Gasteiger partial charge in [0.15, 0.2) is 5.82 Å². The number of anilines is 1. The molecule has 0 spiro atoms. The van der Waals surface area contributed by atoms with E-state index in [2.05, 4.69) is 27.5 Å². The molecular weight excluding hydrogens is 417 g/mol. The maximum Gasteiger partial charge on any atom is 0.255 e. The zero-order valence-electron chi connectivity index (χ0n) is 14.8. The molecule has 0 saturated heterocycles. The Kier molecular flexibility index (Phi) is 5.30. The minimum absolute atomic E-state index is 0.255. The molecule has 1 N–H and O–H groups in total. The van der Waals surface area contributed by atoms with Gasteiger partial charge in [-0.05, 0) is 48.9 Å². The van der Waals surface area contributed by atoms with E-state index in [1.165, 1.54) is 11.3 Å². The molecule has 0 saturated carbocycles. The van der Waals surface area contributed by atoms with Gasteiger partial charge >= 0.3 is 0 Å². The molecule has 9 heteroatoms. The number of aromatic nitrogens is 4. The summed E-state index contributed by atoms with van der Waals surface area (Å²) < 4.78 is 1.80. The SMILES string of the molecule is CCCc1nnc2sc(-c3ccc(NC(=O)c4ccc(Cl)c(Cl)c4)cc3)nn12. The van der Waals surface area contributed by atoms with Gasteiger partial charge in [0.2, 0.25) is 4.96 Å². The molecule has 0 radical (unpaired) electrons. The number of fused-ring (bicyclic) bond motifs is 1. The second kappa shape index (κ2) is 7.87. The summed E-state index contributed by atoms with van der Waals surface area (Å²) in [6, 6.07) is 12.3. The quantitative estimate of drug-likeness (QED) is 0.461. The Morgan fingerprint density at radius 2 is 1.89 bits per heavy atom. The summed E-state index contributed by atoms with van der Waals surface area (Å²) in [4.78, 5) is 13.1. The summed E-state index contributed by atoms with van der Waals surface area (Å²) in [5.41, 5.74) is 2.07. The molecule has 0 fully saturated rings. The van der Waals surface area contributed by atoms with Crippen molar-refractivity contribution in [2.45, 2.75) is 19.8 Å². The molecule has 1 amide bonds. The first-order chi connectivity index (χ1) is 13.5. The van der Waals surface area contributed by atoms with Gasteiger partial charge in [-0.2, -0.15) is 9.61 Å². The first-order valence-electron chi connectivity index (χ1n) is 8.63. The number of nitrogens with zero attached hydrogens (tertiary/aromatic N) is 4. The van der Waals surface area contributed by atoms with Crippen LogP contribution in [-0.2, 0) is 6.42 Å². The van der Waals surface area contributed by atoms with E-state index in [9.17, 15) is 4.79 Å². The van der Waals surface area contributed by atoms with Gasteiger partial charge in [0.25, 0.3) is 5.91 Å². The summed E-state index contributed by atoms with van der Waals surface area (Å²) in [5.74, 6) is 0.611. The molecule has 4 rings (SSSR count). The number of hydrogen-bond donors (Lipinski definition) is 1. The van der Waals surface area contributed by atoms with Crippen LogP contribution in [0.3, 0.4) is 0 Å². The van der Waals surface area contributed by atoms with Gasteiger partial charge in [-0.3, -0.25) is 4.79 Å². The van der Waals surface area contributed by atoms with Crippen molar-refractivity contribution >= 4 is 51.1 Å². The number of hydrogen-bond acceptors (Lipinski definition) is 5. The number of carbonyl (C=O) groups is 1. The highest BCUT2D eigenvalue weighted by molar-refractivity contribution is 7.19. The van der Waals surface area contributed by atoms with E-state index >= 15 is 0 Å². The Morgan fingerprint density at radius 3 is 2.61 bits per heavy atom. The molecule has 28 heavy (non-hydrogen) atoms. The standard InChI is InChI=1S/C19H15Cl2N5OS/c1-2-3-16-23-24-19-26(16)25-18(28-19)11-4-7-13(8-5-11)22-17(27)12-6-9-14(20)15(21)10-12/h4-10H,2-3H2,1H3,(H,22,27). The zero-order valence-corrected chi connectivity index (χ0v) is 17.1. The largest absolute Gasteiger partial charge is 0.322 e. The van der Waals surface area contributed by atoms with Crippen LogP contribution < -0.4 is 5.32 Å². The summed E-state index contributed by atoms with van der Waals surface area (Å²) in [7, 11) is 0. The predicted octanol–water partition coefficient (Wildman–Crippen LogP) is 5.36. The second-order valence-corrected chi connectivity index (χ2v) is 7.90. The Morgan fingerprint density at radius 1 is 1.11 bits per heavy atom. The number of halogens is 2. The Bertz CT molecular complexity index is 1150. The fourth-order valence-corrected chi connectivity index (χ4v) is 3.85. The van der Waals surface area contributed by atoms with Crippen molar-refractivity contribution < 1.29 is 4.79 Å². The Hall–Kier alpha value is -2.48. The lowest BCUT2D eigenvalue weighted by atomic mass is 10.2. The van der Waals surface area contributed by atoms with Gasteiger partial charge in [-0.25, -0.2) is 0 Å². The lowest BCUT2D eigenvalue weighted by Crippen LogP contribution is -2.11. The molecule has 6 nitrogen and oxygen atoms in total. The normalized spacial score (nSPS) is 11.1. The average Bonchev–Trinajstić information content (AvgIpc) is 3.27. The number of nitrogens with one attached hydrogen (secondary N) is 1. The molecule has 0 aliphatic carbocycles. The van der Waals surface area contributed by atoms with Gasteiger partial charge < -0.3 is 5.32 Å². The number of rotatable bonds is 5. The van der Waals surface area contributed by atoms with Crippen molar-refractivity contribution in [1.29, 1.82) is 0 Å². The van der Waals surface area contributed by atoms with Gasteiger partial charge in [-0.15, -0.1) is 10.2 Å². The van der Waals surface area contributed by atoms with Crippen LogP contribution in [0.2, 0.25) is 10.0 Å². The third-order valence-corrected chi connectivity index (χ3v) is 5.79. The number of benzene rings is 2. The topological polar surface area (TPSA) is 72.2 Å². The molecule has 0 aliphatic heterocycles. The molecular formula is C19H15Cl2N5OS. The molecule has 0 unspecified atom stereocenters. The smallest absolute Gasteiger partial charge is 0.255 e. The summed E-state index contributed by atoms with van der Waals surface area (Å²) >= 11 is 13.3. The fourth-order valence-electron chi connectivity index (χ4n) is 2.69. The van der Waals surface area contributed by atoms with Crippen LogP contribution in [0.5, 0.6) is 0 Å². The number of amides is 1. The van der Waals surface area contributed by atoms with Crippen LogP contribution in [0, 0.1) is 0 Å². The maximum atomic E-state index is 12.4. The number of carbonyl (C=O) groups excluding carboxylic acids is 1. The maximum absolute atomic E-state index is 12.4. The van der Waals surface area contributed by atoms with E-state index < -0.39 is 0 Å². The van der Waals surface area contributed by atoms with Crippen LogP contribution >= 0.6 is 34.5 Å². The summed E-state index contributed by atoms with van der Waals surface area (Å²) in [6.07, 6.45) is 1.82. The highest BCUT2D eigenvalue weighted by atomic mass is 35.5. The van der Waals surface area contributed by atoms with Gasteiger partial charge in [0.1, 0.15) is 5.01 Å². The lowest BCUT2D eigenvalue weighted by molar-refractivity contribution is 0.102. The Balaban J connectivity index is 1.52. The summed E-state index contributed by atoms with van der Waals surface area (Å²) in [6.45, 7) is 2.10. The van der Waals surface area contributed by atoms with Gasteiger partial charge in [0.05, 0.1) is 10.0 Å². The van der Waals surface area contributed by atoms with E-state index in [1.807, 2.05) is 24.3 Å². The van der Waals surface area contributed by atoms with Crippen LogP contribution in [0.1, 0.15) is 29.5 Å². The molecule has 2 aromatic heterocycles. The first-order valence-corrected chi connectivity index (χ1v) is 10.2. The van der Waals surface area contributed by atoms with Crippen molar-refractivity contribution in [3.8, 4) is 10.6 Å². The Labute approximate surface area is 175 Å². The van der Waals surface area contributed by atoms with Crippen LogP contribution in [-0.4, -0.2) is 25.7 Å². The van der Waals surface area contributed by atoms with Crippen molar-refractivity contribution in [1.82, 2.24) is 19.8 Å². The van der Waals surface area contributed by atoms with Crippen LogP contribution in [0.25, 0.3) is 15.5 Å². The second-order valence-electron chi connectivity index (χ2n) is 6.13. The third kappa shape index (κ3) is 3.73. The van der Waals surface area contributed by atoms with Crippen molar-refractivity contribution in [3.05, 3.63) is 63.9 Å². The van der Waals surface area contributed by atoms with E-state index in [4.69, 9.17) is 23.2 Å². The lowest BCUT2D eigenvalue weighted by Gasteiger charge is -2.07. The molecule has 0 aliphatic rings. The van der Waals surface area contributed by atoms with E-state index in [0.29, 0.717) is 21.3 Å². The zero-order chi connectivity index (χ0) is 19.7. The van der Waals surface area contributed by atoms with Crippen molar-refractivity contribution in [2.24, 2.45) is 0 Å². The minimum atomic E-state index is -0.255. The molecule has 2 aromatic carbocycles. The third-order valence-electron chi connectivity index (χ3n) is 4.10. The first kappa shape index (κ1) is 18.9. The molecule has 2 heterocycles. The average molecular weight is 432 g/mol. The highest BCUT2D eigenvalue weighted by Gasteiger charge is 2.13. The van der Waals surface area contributed by atoms with Gasteiger partial charge in [0, 0.05) is 23.2 Å². The van der Waals surface area contributed by atoms with E-state index in [0.717, 1.165) is 34.2 Å². The van der Waals surface area contributed by atoms with Crippen molar-refractivity contribution in [2.75, 3.05) is 5.32 Å². The molecule has 4 aromatic rings. The van der Waals surface area contributed by atoms with E-state index in [1.54, 1.807) is 22.7 Å². The minimum Gasteiger partial charge on any atom is -0.322 e. The van der Waals surface area contributed by atoms with Gasteiger partial charge in [-0.1, -0.05) is 41.5 Å². The number of aryl methyl sites for hydroxylation is 1.